The summed E-state index contributed by atoms with van der Waals surface area (Å²) < 4.78 is 0. The van der Waals surface area contributed by atoms with Crippen LogP contribution < -0.4 is 5.73 Å². The number of hydrogen-bond donors (Lipinski definition) is 1. The fraction of sp³-hybridized carbons (Fsp3) is 0.167. The maximum Gasteiger partial charge on any atom is 0.255 e. The van der Waals surface area contributed by atoms with E-state index in [1.807, 2.05) is 66.7 Å². The van der Waals surface area contributed by atoms with E-state index in [4.69, 9.17) is 17.3 Å². The number of carbonyl (C=O) groups is 2. The van der Waals surface area contributed by atoms with Crippen LogP contribution in [0.5, 0.6) is 0 Å². The van der Waals surface area contributed by atoms with Gasteiger partial charge in [0.1, 0.15) is 6.04 Å². The van der Waals surface area contributed by atoms with E-state index in [0.29, 0.717) is 22.6 Å². The van der Waals surface area contributed by atoms with E-state index in [-0.39, 0.29) is 11.9 Å². The van der Waals surface area contributed by atoms with Crippen molar-refractivity contribution in [3.8, 4) is 0 Å². The maximum atomic E-state index is 13.6. The smallest absolute Gasteiger partial charge is 0.255 e. The van der Waals surface area contributed by atoms with Gasteiger partial charge in [-0.05, 0) is 53.8 Å². The Balaban J connectivity index is 1.84. The van der Waals surface area contributed by atoms with Gasteiger partial charge in [-0.15, -0.1) is 0 Å². The van der Waals surface area contributed by atoms with Crippen molar-refractivity contribution in [2.45, 2.75) is 24.9 Å². The van der Waals surface area contributed by atoms with E-state index < -0.39 is 11.9 Å². The molecular weight excluding hydrogens is 384 g/mol. The van der Waals surface area contributed by atoms with Crippen LogP contribution in [0.3, 0.4) is 0 Å². The van der Waals surface area contributed by atoms with Gasteiger partial charge >= 0.3 is 0 Å². The van der Waals surface area contributed by atoms with E-state index >= 15 is 0 Å². The number of rotatable bonds is 5. The van der Waals surface area contributed by atoms with Gasteiger partial charge in [-0.25, -0.2) is 0 Å². The van der Waals surface area contributed by atoms with Crippen LogP contribution in [0.25, 0.3) is 0 Å². The molecule has 29 heavy (non-hydrogen) atoms. The second kappa shape index (κ2) is 8.10. The molecule has 146 valence electrons. The number of benzene rings is 3. The molecule has 2 amide bonds. The summed E-state index contributed by atoms with van der Waals surface area (Å²) in [5, 5.41) is 0.667. The molecule has 4 rings (SSSR count). The van der Waals surface area contributed by atoms with E-state index in [1.165, 1.54) is 0 Å². The van der Waals surface area contributed by atoms with Gasteiger partial charge in [0.2, 0.25) is 5.91 Å². The van der Waals surface area contributed by atoms with E-state index in [2.05, 4.69) is 0 Å². The summed E-state index contributed by atoms with van der Waals surface area (Å²) in [5.41, 5.74) is 9.19. The number of carbonyl (C=O) groups excluding carboxylic acids is 2. The Kier molecular flexibility index (Phi) is 5.36. The Hall–Kier alpha value is -3.11. The third-order valence-corrected chi connectivity index (χ3v) is 5.64. The number of hydrogen-bond acceptors (Lipinski definition) is 2. The Bertz CT molecular complexity index is 1040. The summed E-state index contributed by atoms with van der Waals surface area (Å²) in [6.45, 7) is 0. The molecule has 0 bridgehead atoms. The maximum absolute atomic E-state index is 13.6. The Morgan fingerprint density at radius 1 is 0.966 bits per heavy atom. The number of amides is 2. The number of primary amides is 1. The van der Waals surface area contributed by atoms with Crippen LogP contribution in [0.1, 0.15) is 45.6 Å². The lowest BCUT2D eigenvalue weighted by molar-refractivity contribution is -0.123. The molecule has 5 heteroatoms. The predicted molar refractivity (Wildman–Crippen MR) is 114 cm³/mol. The van der Waals surface area contributed by atoms with E-state index in [9.17, 15) is 9.59 Å². The van der Waals surface area contributed by atoms with Crippen LogP contribution in [0, 0.1) is 0 Å². The Morgan fingerprint density at radius 3 is 2.28 bits per heavy atom. The minimum Gasteiger partial charge on any atom is -0.368 e. The van der Waals surface area contributed by atoms with Crippen molar-refractivity contribution in [2.24, 2.45) is 5.73 Å². The molecule has 0 fully saturated rings. The van der Waals surface area contributed by atoms with Crippen LogP contribution >= 0.6 is 11.6 Å². The van der Waals surface area contributed by atoms with Gasteiger partial charge < -0.3 is 10.6 Å². The minimum atomic E-state index is -0.865. The molecule has 2 N–H and O–H groups in total. The Labute approximate surface area is 174 Å². The van der Waals surface area contributed by atoms with Crippen LogP contribution in [0.2, 0.25) is 5.02 Å². The SMILES string of the molecule is NC(=O)C(c1ccccc1)N(C(=O)c1ccccc1)[C@@H]1CCc2cc(Cl)ccc21. The summed E-state index contributed by atoms with van der Waals surface area (Å²) in [7, 11) is 0. The highest BCUT2D eigenvalue weighted by Crippen LogP contribution is 2.41. The zero-order valence-corrected chi connectivity index (χ0v) is 16.5. The highest BCUT2D eigenvalue weighted by atomic mass is 35.5. The second-order valence-corrected chi connectivity index (χ2v) is 7.63. The van der Waals surface area contributed by atoms with Crippen LogP contribution in [-0.4, -0.2) is 16.7 Å². The molecule has 1 aliphatic rings. The molecule has 4 nitrogen and oxygen atoms in total. The topological polar surface area (TPSA) is 63.4 Å². The van der Waals surface area contributed by atoms with Crippen LogP contribution in [0.15, 0.2) is 78.9 Å². The number of fused-ring (bicyclic) bond motifs is 1. The first kappa shape index (κ1) is 19.2. The van der Waals surface area contributed by atoms with Crippen molar-refractivity contribution < 1.29 is 9.59 Å². The summed E-state index contributed by atoms with van der Waals surface area (Å²) >= 11 is 6.16. The van der Waals surface area contributed by atoms with Crippen LogP contribution in [-0.2, 0) is 11.2 Å². The van der Waals surface area contributed by atoms with Gasteiger partial charge in [0, 0.05) is 10.6 Å². The fourth-order valence-electron chi connectivity index (χ4n) is 4.12. The van der Waals surface area contributed by atoms with E-state index in [1.54, 1.807) is 17.0 Å². The van der Waals surface area contributed by atoms with Gasteiger partial charge in [0.05, 0.1) is 6.04 Å². The fourth-order valence-corrected chi connectivity index (χ4v) is 4.31. The van der Waals surface area contributed by atoms with Gasteiger partial charge in [0.15, 0.2) is 0 Å². The molecule has 0 spiro atoms. The number of nitrogens with two attached hydrogens (primary N) is 1. The molecule has 2 atom stereocenters. The monoisotopic (exact) mass is 404 g/mol. The number of aryl methyl sites for hydroxylation is 1. The average Bonchev–Trinajstić information content (AvgIpc) is 3.15. The zero-order chi connectivity index (χ0) is 20.4. The summed E-state index contributed by atoms with van der Waals surface area (Å²) in [5.74, 6) is -0.769. The zero-order valence-electron chi connectivity index (χ0n) is 15.8. The lowest BCUT2D eigenvalue weighted by Crippen LogP contribution is -2.43. The Morgan fingerprint density at radius 2 is 1.62 bits per heavy atom. The largest absolute Gasteiger partial charge is 0.368 e. The third kappa shape index (κ3) is 3.76. The summed E-state index contributed by atoms with van der Waals surface area (Å²) in [4.78, 5) is 27.9. The van der Waals surface area contributed by atoms with Gasteiger partial charge in [-0.2, -0.15) is 0 Å². The number of halogens is 1. The summed E-state index contributed by atoms with van der Waals surface area (Å²) in [6.07, 6.45) is 1.50. The highest BCUT2D eigenvalue weighted by Gasteiger charge is 2.39. The third-order valence-electron chi connectivity index (χ3n) is 5.41. The predicted octanol–water partition coefficient (Wildman–Crippen LogP) is 4.70. The molecule has 0 aromatic heterocycles. The highest BCUT2D eigenvalue weighted by molar-refractivity contribution is 6.30. The standard InChI is InChI=1S/C24H21ClN2O2/c25-19-12-13-20-18(15-19)11-14-21(20)27(24(29)17-9-5-2-6-10-17)22(23(26)28)16-7-3-1-4-8-16/h1-10,12-13,15,21-22H,11,14H2,(H2,26,28)/t21-,22?/m1/s1. The van der Waals surface area contributed by atoms with Gasteiger partial charge in [-0.3, -0.25) is 9.59 Å². The lowest BCUT2D eigenvalue weighted by Gasteiger charge is -2.36. The first-order valence-electron chi connectivity index (χ1n) is 9.56. The molecule has 0 saturated carbocycles. The minimum absolute atomic E-state index is 0.217. The summed E-state index contributed by atoms with van der Waals surface area (Å²) in [6, 6.07) is 22.8. The molecule has 0 aliphatic heterocycles. The first-order valence-corrected chi connectivity index (χ1v) is 9.94. The van der Waals surface area contributed by atoms with Crippen molar-refractivity contribution in [2.75, 3.05) is 0 Å². The normalized spacial score (nSPS) is 16.1. The first-order chi connectivity index (χ1) is 14.1. The molecule has 0 heterocycles. The van der Waals surface area contributed by atoms with Crippen molar-refractivity contribution in [3.05, 3.63) is 106 Å². The number of nitrogens with zero attached hydrogens (tertiary/aromatic N) is 1. The van der Waals surface area contributed by atoms with Gasteiger partial charge in [0.25, 0.3) is 5.91 Å². The van der Waals surface area contributed by atoms with Crippen molar-refractivity contribution >= 4 is 23.4 Å². The molecule has 1 unspecified atom stereocenters. The second-order valence-electron chi connectivity index (χ2n) is 7.19. The molecule has 0 radical (unpaired) electrons. The lowest BCUT2D eigenvalue weighted by atomic mass is 9.98. The van der Waals surface area contributed by atoms with Crippen LogP contribution in [0.4, 0.5) is 0 Å². The van der Waals surface area contributed by atoms with Crippen molar-refractivity contribution in [1.82, 2.24) is 4.90 Å². The van der Waals surface area contributed by atoms with Crippen molar-refractivity contribution in [1.29, 1.82) is 0 Å². The molecule has 3 aromatic rings. The average molecular weight is 405 g/mol. The molecule has 0 saturated heterocycles. The molecule has 1 aliphatic carbocycles. The quantitative estimate of drug-likeness (QED) is 0.670. The molecule has 3 aromatic carbocycles. The van der Waals surface area contributed by atoms with E-state index in [0.717, 1.165) is 17.5 Å². The molecular formula is C24H21ClN2O2. The van der Waals surface area contributed by atoms with Crippen molar-refractivity contribution in [3.63, 3.8) is 0 Å². The van der Waals surface area contributed by atoms with Gasteiger partial charge in [-0.1, -0.05) is 66.2 Å².